The van der Waals surface area contributed by atoms with Crippen LogP contribution in [0.1, 0.15) is 24.2 Å². The highest BCUT2D eigenvalue weighted by Gasteiger charge is 2.08. The summed E-state index contributed by atoms with van der Waals surface area (Å²) in [5.41, 5.74) is 6.79. The lowest BCUT2D eigenvalue weighted by atomic mass is 10.1. The standard InChI is InChI=1S/C11H16FNS/c1-2-7-14-11(8-13)9-3-5-10(12)6-4-9/h3-6,11H,2,7-8,13H2,1H3. The Morgan fingerprint density at radius 2 is 2.00 bits per heavy atom. The average Bonchev–Trinajstić information content (AvgIpc) is 2.21. The van der Waals surface area contributed by atoms with Crippen molar-refractivity contribution in [3.05, 3.63) is 35.6 Å². The molecule has 0 aliphatic heterocycles. The Bertz CT molecular complexity index is 260. The van der Waals surface area contributed by atoms with Gasteiger partial charge < -0.3 is 5.73 Å². The molecule has 0 aliphatic rings. The molecule has 0 heterocycles. The Balaban J connectivity index is 2.64. The minimum Gasteiger partial charge on any atom is -0.329 e. The fourth-order valence-corrected chi connectivity index (χ4v) is 2.24. The molecule has 1 aromatic carbocycles. The Morgan fingerprint density at radius 3 is 2.50 bits per heavy atom. The van der Waals surface area contributed by atoms with Crippen LogP contribution in [0.4, 0.5) is 4.39 Å². The lowest BCUT2D eigenvalue weighted by Gasteiger charge is -2.14. The summed E-state index contributed by atoms with van der Waals surface area (Å²) in [6.07, 6.45) is 1.14. The molecule has 0 radical (unpaired) electrons. The van der Waals surface area contributed by atoms with E-state index in [4.69, 9.17) is 5.73 Å². The number of halogens is 1. The largest absolute Gasteiger partial charge is 0.329 e. The predicted octanol–water partition coefficient (Wildman–Crippen LogP) is 2.97. The maximum Gasteiger partial charge on any atom is 0.123 e. The summed E-state index contributed by atoms with van der Waals surface area (Å²) in [6.45, 7) is 2.75. The van der Waals surface area contributed by atoms with Crippen molar-refractivity contribution in [2.75, 3.05) is 12.3 Å². The third kappa shape index (κ3) is 3.31. The van der Waals surface area contributed by atoms with E-state index in [0.717, 1.165) is 17.7 Å². The lowest BCUT2D eigenvalue weighted by molar-refractivity contribution is 0.627. The molecule has 0 bridgehead atoms. The van der Waals surface area contributed by atoms with Crippen LogP contribution >= 0.6 is 11.8 Å². The molecule has 1 nitrogen and oxygen atoms in total. The summed E-state index contributed by atoms with van der Waals surface area (Å²) < 4.78 is 12.7. The summed E-state index contributed by atoms with van der Waals surface area (Å²) >= 11 is 1.83. The van der Waals surface area contributed by atoms with Gasteiger partial charge in [0.1, 0.15) is 5.82 Å². The predicted molar refractivity (Wildman–Crippen MR) is 60.9 cm³/mol. The van der Waals surface area contributed by atoms with E-state index in [0.29, 0.717) is 11.8 Å². The molecular formula is C11H16FNS. The van der Waals surface area contributed by atoms with Crippen molar-refractivity contribution in [3.63, 3.8) is 0 Å². The van der Waals surface area contributed by atoms with Crippen molar-refractivity contribution in [1.82, 2.24) is 0 Å². The molecule has 0 fully saturated rings. The molecule has 1 rings (SSSR count). The van der Waals surface area contributed by atoms with Crippen LogP contribution in [-0.2, 0) is 0 Å². The number of thioether (sulfide) groups is 1. The molecule has 0 aromatic heterocycles. The minimum absolute atomic E-state index is 0.190. The topological polar surface area (TPSA) is 26.0 Å². The highest BCUT2D eigenvalue weighted by Crippen LogP contribution is 2.28. The average molecular weight is 213 g/mol. The van der Waals surface area contributed by atoms with Gasteiger partial charge in [-0.3, -0.25) is 0 Å². The van der Waals surface area contributed by atoms with Gasteiger partial charge in [0, 0.05) is 11.8 Å². The number of hydrogen-bond acceptors (Lipinski definition) is 2. The zero-order chi connectivity index (χ0) is 10.4. The molecular weight excluding hydrogens is 197 g/mol. The van der Waals surface area contributed by atoms with Gasteiger partial charge in [0.25, 0.3) is 0 Å². The van der Waals surface area contributed by atoms with Gasteiger partial charge in [-0.2, -0.15) is 11.8 Å². The fourth-order valence-electron chi connectivity index (χ4n) is 1.24. The Hall–Kier alpha value is -0.540. The SMILES string of the molecule is CCCSC(CN)c1ccc(F)cc1. The molecule has 0 saturated heterocycles. The van der Waals surface area contributed by atoms with E-state index in [1.54, 1.807) is 0 Å². The van der Waals surface area contributed by atoms with Crippen LogP contribution < -0.4 is 5.73 Å². The molecule has 0 spiro atoms. The van der Waals surface area contributed by atoms with E-state index < -0.39 is 0 Å². The zero-order valence-electron chi connectivity index (χ0n) is 8.37. The van der Waals surface area contributed by atoms with Crippen LogP contribution in [0.25, 0.3) is 0 Å². The van der Waals surface area contributed by atoms with Crippen LogP contribution in [0, 0.1) is 5.82 Å². The van der Waals surface area contributed by atoms with Gasteiger partial charge in [0.15, 0.2) is 0 Å². The molecule has 0 saturated carbocycles. The van der Waals surface area contributed by atoms with Crippen LogP contribution in [0.15, 0.2) is 24.3 Å². The van der Waals surface area contributed by atoms with Crippen LogP contribution in [-0.4, -0.2) is 12.3 Å². The summed E-state index contributed by atoms with van der Waals surface area (Å²) in [5.74, 6) is 0.907. The first kappa shape index (κ1) is 11.5. The summed E-state index contributed by atoms with van der Waals surface area (Å²) in [6, 6.07) is 6.61. The molecule has 2 N–H and O–H groups in total. The first-order valence-corrected chi connectivity index (χ1v) is 5.90. The fraction of sp³-hybridized carbons (Fsp3) is 0.455. The number of hydrogen-bond donors (Lipinski definition) is 1. The van der Waals surface area contributed by atoms with Gasteiger partial charge in [-0.25, -0.2) is 4.39 Å². The zero-order valence-corrected chi connectivity index (χ0v) is 9.19. The van der Waals surface area contributed by atoms with Crippen molar-refractivity contribution in [2.45, 2.75) is 18.6 Å². The van der Waals surface area contributed by atoms with Crippen molar-refractivity contribution in [3.8, 4) is 0 Å². The molecule has 3 heteroatoms. The highest BCUT2D eigenvalue weighted by atomic mass is 32.2. The molecule has 1 unspecified atom stereocenters. The van der Waals surface area contributed by atoms with Gasteiger partial charge in [0.2, 0.25) is 0 Å². The summed E-state index contributed by atoms with van der Waals surface area (Å²) in [4.78, 5) is 0. The second kappa shape index (κ2) is 6.04. The van der Waals surface area contributed by atoms with E-state index in [-0.39, 0.29) is 5.82 Å². The van der Waals surface area contributed by atoms with Crippen molar-refractivity contribution < 1.29 is 4.39 Å². The number of benzene rings is 1. The van der Waals surface area contributed by atoms with Crippen LogP contribution in [0.3, 0.4) is 0 Å². The van der Waals surface area contributed by atoms with Gasteiger partial charge >= 0.3 is 0 Å². The molecule has 1 atom stereocenters. The molecule has 78 valence electrons. The Labute approximate surface area is 88.9 Å². The van der Waals surface area contributed by atoms with Gasteiger partial charge in [-0.05, 0) is 29.9 Å². The highest BCUT2D eigenvalue weighted by molar-refractivity contribution is 7.99. The van der Waals surface area contributed by atoms with Crippen molar-refractivity contribution >= 4 is 11.8 Å². The smallest absolute Gasteiger partial charge is 0.123 e. The van der Waals surface area contributed by atoms with E-state index in [1.165, 1.54) is 12.1 Å². The van der Waals surface area contributed by atoms with Crippen molar-refractivity contribution in [1.29, 1.82) is 0 Å². The van der Waals surface area contributed by atoms with Crippen LogP contribution in [0.5, 0.6) is 0 Å². The molecule has 0 amide bonds. The summed E-state index contributed by atoms with van der Waals surface area (Å²) in [7, 11) is 0. The van der Waals surface area contributed by atoms with Crippen molar-refractivity contribution in [2.24, 2.45) is 5.73 Å². The maximum absolute atomic E-state index is 12.7. The summed E-state index contributed by atoms with van der Waals surface area (Å²) in [5, 5.41) is 0.301. The van der Waals surface area contributed by atoms with E-state index >= 15 is 0 Å². The van der Waals surface area contributed by atoms with E-state index in [1.807, 2.05) is 23.9 Å². The van der Waals surface area contributed by atoms with Gasteiger partial charge in [-0.1, -0.05) is 19.1 Å². The van der Waals surface area contributed by atoms with Gasteiger partial charge in [0.05, 0.1) is 0 Å². The third-order valence-corrected chi connectivity index (χ3v) is 3.49. The Kier molecular flexibility index (Phi) is 4.98. The monoisotopic (exact) mass is 213 g/mol. The molecule has 14 heavy (non-hydrogen) atoms. The van der Waals surface area contributed by atoms with Crippen LogP contribution in [0.2, 0.25) is 0 Å². The molecule has 1 aromatic rings. The van der Waals surface area contributed by atoms with Gasteiger partial charge in [-0.15, -0.1) is 0 Å². The number of rotatable bonds is 5. The third-order valence-electron chi connectivity index (χ3n) is 1.98. The lowest BCUT2D eigenvalue weighted by Crippen LogP contribution is -2.09. The first-order valence-electron chi connectivity index (χ1n) is 4.85. The normalized spacial score (nSPS) is 12.8. The number of nitrogens with two attached hydrogens (primary N) is 1. The maximum atomic E-state index is 12.7. The van der Waals surface area contributed by atoms with E-state index in [2.05, 4.69) is 6.92 Å². The molecule has 0 aliphatic carbocycles. The minimum atomic E-state index is -0.190. The van der Waals surface area contributed by atoms with E-state index in [9.17, 15) is 4.39 Å². The first-order chi connectivity index (χ1) is 6.77. The quantitative estimate of drug-likeness (QED) is 0.813. The second-order valence-corrected chi connectivity index (χ2v) is 4.46. The second-order valence-electron chi connectivity index (χ2n) is 3.15. The Morgan fingerprint density at radius 1 is 1.36 bits per heavy atom.